The molecule has 5 nitrogen and oxygen atoms in total. The summed E-state index contributed by atoms with van der Waals surface area (Å²) in [6.45, 7) is 3.73. The number of halogens is 1. The average molecular weight is 386 g/mol. The highest BCUT2D eigenvalue weighted by atomic mass is 79.9. The van der Waals surface area contributed by atoms with Crippen LogP contribution in [0.5, 0.6) is 11.5 Å². The van der Waals surface area contributed by atoms with Crippen LogP contribution >= 0.6 is 15.9 Å². The van der Waals surface area contributed by atoms with Gasteiger partial charge in [0.15, 0.2) is 11.5 Å². The highest BCUT2D eigenvalue weighted by molar-refractivity contribution is 9.10. The number of nitrogens with one attached hydrogen (secondary N) is 1. The third kappa shape index (κ3) is 3.19. The number of aromatic hydroxyl groups is 1. The fraction of sp³-hybridized carbons (Fsp3) is 0.111. The van der Waals surface area contributed by atoms with E-state index in [0.717, 1.165) is 15.5 Å². The minimum atomic E-state index is 0.0983. The third-order valence-electron chi connectivity index (χ3n) is 3.58. The molecule has 0 bridgehead atoms. The topological polar surface area (TPSA) is 67.3 Å². The number of hydrogen-bond acceptors (Lipinski definition) is 5. The zero-order valence-electron chi connectivity index (χ0n) is 13.1. The molecule has 0 unspecified atom stereocenters. The molecule has 0 aliphatic heterocycles. The molecule has 6 heteroatoms. The molecule has 122 valence electrons. The van der Waals surface area contributed by atoms with Crippen LogP contribution in [-0.4, -0.2) is 22.2 Å². The summed E-state index contributed by atoms with van der Waals surface area (Å²) < 4.78 is 6.21. The molecule has 0 aliphatic carbocycles. The SMILES string of the molecule is C=CCc1c(O)c(OC)cc2nc(Nc3cccc(Br)c3)ncc12. The van der Waals surface area contributed by atoms with Gasteiger partial charge < -0.3 is 15.2 Å². The molecule has 0 spiro atoms. The second-order valence-corrected chi connectivity index (χ2v) is 6.08. The predicted octanol–water partition coefficient (Wildman–Crippen LogP) is 4.58. The van der Waals surface area contributed by atoms with Crippen molar-refractivity contribution < 1.29 is 9.84 Å². The van der Waals surface area contributed by atoms with E-state index in [1.807, 2.05) is 24.3 Å². The van der Waals surface area contributed by atoms with Crippen molar-refractivity contribution in [1.82, 2.24) is 9.97 Å². The van der Waals surface area contributed by atoms with Crippen LogP contribution in [0.2, 0.25) is 0 Å². The van der Waals surface area contributed by atoms with Crippen molar-refractivity contribution in [2.75, 3.05) is 12.4 Å². The van der Waals surface area contributed by atoms with Gasteiger partial charge >= 0.3 is 0 Å². The fourth-order valence-electron chi connectivity index (χ4n) is 2.47. The molecule has 0 saturated carbocycles. The van der Waals surface area contributed by atoms with Gasteiger partial charge in [-0.15, -0.1) is 6.58 Å². The van der Waals surface area contributed by atoms with Gasteiger partial charge in [0.25, 0.3) is 0 Å². The second-order valence-electron chi connectivity index (χ2n) is 5.16. The summed E-state index contributed by atoms with van der Waals surface area (Å²) in [5, 5.41) is 14.2. The smallest absolute Gasteiger partial charge is 0.227 e. The Hall–Kier alpha value is -2.60. The lowest BCUT2D eigenvalue weighted by Crippen LogP contribution is -1.99. The molecule has 2 aromatic carbocycles. The Morgan fingerprint density at radius 3 is 2.92 bits per heavy atom. The predicted molar refractivity (Wildman–Crippen MR) is 99.1 cm³/mol. The molecule has 0 amide bonds. The van der Waals surface area contributed by atoms with E-state index >= 15 is 0 Å². The van der Waals surface area contributed by atoms with E-state index in [2.05, 4.69) is 37.8 Å². The number of phenolic OH excluding ortho intramolecular Hbond substituents is 1. The van der Waals surface area contributed by atoms with Crippen molar-refractivity contribution in [1.29, 1.82) is 0 Å². The lowest BCUT2D eigenvalue weighted by Gasteiger charge is -2.12. The summed E-state index contributed by atoms with van der Waals surface area (Å²) in [6.07, 6.45) is 3.92. The second kappa shape index (κ2) is 6.88. The van der Waals surface area contributed by atoms with Crippen LogP contribution in [0.15, 0.2) is 53.7 Å². The molecule has 1 aromatic heterocycles. The van der Waals surface area contributed by atoms with Gasteiger partial charge in [-0.25, -0.2) is 9.97 Å². The molecule has 3 rings (SSSR count). The van der Waals surface area contributed by atoms with Gasteiger partial charge in [0.2, 0.25) is 5.95 Å². The molecule has 0 radical (unpaired) electrons. The van der Waals surface area contributed by atoms with E-state index in [4.69, 9.17) is 4.74 Å². The maximum absolute atomic E-state index is 10.3. The number of ether oxygens (including phenoxy) is 1. The Morgan fingerprint density at radius 1 is 1.38 bits per heavy atom. The summed E-state index contributed by atoms with van der Waals surface area (Å²) >= 11 is 3.43. The van der Waals surface area contributed by atoms with Gasteiger partial charge in [-0.2, -0.15) is 0 Å². The molecular formula is C18H16BrN3O2. The fourth-order valence-corrected chi connectivity index (χ4v) is 2.87. The standard InChI is InChI=1S/C18H16BrN3O2/c1-3-5-13-14-10-20-18(21-12-7-4-6-11(19)8-12)22-15(14)9-16(24-2)17(13)23/h3-4,6-10,23H,1,5H2,2H3,(H,20,21,22). The molecule has 0 fully saturated rings. The van der Waals surface area contributed by atoms with E-state index in [0.29, 0.717) is 29.2 Å². The molecule has 0 atom stereocenters. The Morgan fingerprint density at radius 2 is 2.21 bits per heavy atom. The lowest BCUT2D eigenvalue weighted by atomic mass is 10.0. The number of hydrogen-bond donors (Lipinski definition) is 2. The van der Waals surface area contributed by atoms with E-state index in [1.165, 1.54) is 7.11 Å². The average Bonchev–Trinajstić information content (AvgIpc) is 2.57. The number of nitrogens with zero attached hydrogens (tertiary/aromatic N) is 2. The number of aromatic nitrogens is 2. The zero-order valence-corrected chi connectivity index (χ0v) is 14.7. The normalized spacial score (nSPS) is 10.6. The van der Waals surface area contributed by atoms with Crippen molar-refractivity contribution in [2.24, 2.45) is 0 Å². The van der Waals surface area contributed by atoms with Crippen molar-refractivity contribution in [3.8, 4) is 11.5 Å². The largest absolute Gasteiger partial charge is 0.504 e. The maximum atomic E-state index is 10.3. The first-order valence-corrected chi connectivity index (χ1v) is 8.10. The summed E-state index contributed by atoms with van der Waals surface area (Å²) in [7, 11) is 1.51. The molecule has 3 aromatic rings. The zero-order chi connectivity index (χ0) is 17.1. The maximum Gasteiger partial charge on any atom is 0.227 e. The van der Waals surface area contributed by atoms with Crippen molar-refractivity contribution >= 4 is 38.5 Å². The Bertz CT molecular complexity index is 912. The van der Waals surface area contributed by atoms with Crippen LogP contribution < -0.4 is 10.1 Å². The quantitative estimate of drug-likeness (QED) is 0.629. The highest BCUT2D eigenvalue weighted by Crippen LogP contribution is 2.36. The van der Waals surface area contributed by atoms with Gasteiger partial charge in [-0.3, -0.25) is 0 Å². The Kier molecular flexibility index (Phi) is 4.66. The monoisotopic (exact) mass is 385 g/mol. The first-order valence-electron chi connectivity index (χ1n) is 7.31. The van der Waals surface area contributed by atoms with Crippen LogP contribution in [0.25, 0.3) is 10.9 Å². The van der Waals surface area contributed by atoms with Crippen LogP contribution in [0, 0.1) is 0 Å². The number of anilines is 2. The van der Waals surface area contributed by atoms with Gasteiger partial charge in [-0.1, -0.05) is 28.1 Å². The van der Waals surface area contributed by atoms with Crippen molar-refractivity contribution in [2.45, 2.75) is 6.42 Å². The third-order valence-corrected chi connectivity index (χ3v) is 4.07. The minimum absolute atomic E-state index is 0.0983. The number of methoxy groups -OCH3 is 1. The van der Waals surface area contributed by atoms with Gasteiger partial charge in [-0.05, 0) is 24.6 Å². The summed E-state index contributed by atoms with van der Waals surface area (Å²) in [5.74, 6) is 0.950. The molecule has 1 heterocycles. The Balaban J connectivity index is 2.07. The lowest BCUT2D eigenvalue weighted by molar-refractivity contribution is 0.372. The molecule has 0 aliphatic rings. The van der Waals surface area contributed by atoms with E-state index in [1.54, 1.807) is 18.3 Å². The molecule has 0 saturated heterocycles. The van der Waals surface area contributed by atoms with Crippen LogP contribution in [-0.2, 0) is 6.42 Å². The van der Waals surface area contributed by atoms with E-state index in [9.17, 15) is 5.11 Å². The molecule has 24 heavy (non-hydrogen) atoms. The summed E-state index contributed by atoms with van der Waals surface area (Å²) in [5.41, 5.74) is 2.27. The molecule has 2 N–H and O–H groups in total. The number of fused-ring (bicyclic) bond motifs is 1. The van der Waals surface area contributed by atoms with Gasteiger partial charge in [0, 0.05) is 33.4 Å². The van der Waals surface area contributed by atoms with Crippen LogP contribution in [0.1, 0.15) is 5.56 Å². The van der Waals surface area contributed by atoms with Crippen molar-refractivity contribution in [3.63, 3.8) is 0 Å². The van der Waals surface area contributed by atoms with Gasteiger partial charge in [0.05, 0.1) is 12.6 Å². The van der Waals surface area contributed by atoms with Crippen LogP contribution in [0.4, 0.5) is 11.6 Å². The van der Waals surface area contributed by atoms with E-state index < -0.39 is 0 Å². The van der Waals surface area contributed by atoms with E-state index in [-0.39, 0.29) is 5.75 Å². The first-order chi connectivity index (χ1) is 11.6. The first kappa shape index (κ1) is 16.3. The Labute approximate surface area is 148 Å². The summed E-state index contributed by atoms with van der Waals surface area (Å²) in [4.78, 5) is 8.88. The minimum Gasteiger partial charge on any atom is -0.504 e. The van der Waals surface area contributed by atoms with Crippen LogP contribution in [0.3, 0.4) is 0 Å². The number of allylic oxidation sites excluding steroid dienone is 1. The summed E-state index contributed by atoms with van der Waals surface area (Å²) in [6, 6.07) is 9.44. The van der Waals surface area contributed by atoms with Crippen molar-refractivity contribution in [3.05, 3.63) is 59.2 Å². The number of rotatable bonds is 5. The van der Waals surface area contributed by atoms with Gasteiger partial charge in [0.1, 0.15) is 0 Å². The number of phenols is 1. The molecular weight excluding hydrogens is 370 g/mol. The number of benzene rings is 2. The highest BCUT2D eigenvalue weighted by Gasteiger charge is 2.14.